The number of nitrogens with one attached hydrogen (secondary N) is 1. The van der Waals surface area contributed by atoms with E-state index in [9.17, 15) is 4.79 Å². The number of nitrogens with zero attached hydrogens (tertiary/aromatic N) is 1. The third-order valence-corrected chi connectivity index (χ3v) is 4.59. The van der Waals surface area contributed by atoms with Gasteiger partial charge in [0.1, 0.15) is 11.5 Å². The fraction of sp³-hybridized carbons (Fsp3) is 0.231. The first-order valence-electron chi connectivity index (χ1n) is 10.7. The summed E-state index contributed by atoms with van der Waals surface area (Å²) in [6.45, 7) is 2.90. The van der Waals surface area contributed by atoms with Gasteiger partial charge in [0.05, 0.1) is 26.5 Å². The van der Waals surface area contributed by atoms with Crippen LogP contribution in [0.25, 0.3) is 0 Å². The molecular weight excluding hydrogens is 420 g/mol. The van der Waals surface area contributed by atoms with Crippen molar-refractivity contribution in [2.24, 2.45) is 5.10 Å². The lowest BCUT2D eigenvalue weighted by Crippen LogP contribution is -2.24. The number of hydrogen-bond acceptors (Lipinski definition) is 6. The predicted molar refractivity (Wildman–Crippen MR) is 127 cm³/mol. The molecule has 0 fully saturated rings. The summed E-state index contributed by atoms with van der Waals surface area (Å²) in [4.78, 5) is 12.0. The van der Waals surface area contributed by atoms with Gasteiger partial charge in [-0.05, 0) is 60.5 Å². The normalized spacial score (nSPS) is 10.6. The molecule has 0 radical (unpaired) electrons. The van der Waals surface area contributed by atoms with Crippen LogP contribution in [0.4, 0.5) is 0 Å². The van der Waals surface area contributed by atoms with Crippen molar-refractivity contribution >= 4 is 12.1 Å². The highest BCUT2D eigenvalue weighted by molar-refractivity contribution is 5.83. The SMILES string of the molecule is CCOc1ccc(OCC(=O)N/N=C/c2ccc(OCCc3ccccc3)c(OC)c2)cc1. The van der Waals surface area contributed by atoms with Gasteiger partial charge in [0.25, 0.3) is 5.91 Å². The van der Waals surface area contributed by atoms with Crippen molar-refractivity contribution in [2.75, 3.05) is 26.9 Å². The van der Waals surface area contributed by atoms with Gasteiger partial charge in [-0.1, -0.05) is 30.3 Å². The van der Waals surface area contributed by atoms with E-state index in [1.807, 2.05) is 37.3 Å². The Kier molecular flexibility index (Phi) is 9.15. The molecule has 172 valence electrons. The monoisotopic (exact) mass is 448 g/mol. The largest absolute Gasteiger partial charge is 0.494 e. The van der Waals surface area contributed by atoms with Gasteiger partial charge in [-0.25, -0.2) is 5.43 Å². The molecule has 1 N–H and O–H groups in total. The molecule has 0 bridgehead atoms. The molecule has 0 saturated heterocycles. The van der Waals surface area contributed by atoms with Crippen molar-refractivity contribution < 1.29 is 23.7 Å². The maximum atomic E-state index is 12.0. The van der Waals surface area contributed by atoms with Crippen LogP contribution < -0.4 is 24.4 Å². The predicted octanol–water partition coefficient (Wildman–Crippen LogP) is 4.24. The van der Waals surface area contributed by atoms with Crippen LogP contribution in [-0.4, -0.2) is 39.1 Å². The van der Waals surface area contributed by atoms with Gasteiger partial charge < -0.3 is 18.9 Å². The molecule has 1 amide bonds. The van der Waals surface area contributed by atoms with Gasteiger partial charge in [-0.15, -0.1) is 0 Å². The Labute approximate surface area is 193 Å². The van der Waals surface area contributed by atoms with Crippen molar-refractivity contribution in [3.8, 4) is 23.0 Å². The molecule has 33 heavy (non-hydrogen) atoms. The van der Waals surface area contributed by atoms with Crippen molar-refractivity contribution in [1.29, 1.82) is 0 Å². The van der Waals surface area contributed by atoms with Gasteiger partial charge in [-0.3, -0.25) is 4.79 Å². The molecular formula is C26H28N2O5. The summed E-state index contributed by atoms with van der Waals surface area (Å²) in [7, 11) is 1.58. The van der Waals surface area contributed by atoms with Gasteiger partial charge in [0, 0.05) is 6.42 Å². The highest BCUT2D eigenvalue weighted by atomic mass is 16.5. The van der Waals surface area contributed by atoms with Crippen LogP contribution in [0.2, 0.25) is 0 Å². The minimum absolute atomic E-state index is 0.150. The second-order valence-electron chi connectivity index (χ2n) is 6.98. The van der Waals surface area contributed by atoms with Crippen LogP contribution in [0.5, 0.6) is 23.0 Å². The van der Waals surface area contributed by atoms with E-state index in [-0.39, 0.29) is 12.5 Å². The first-order valence-corrected chi connectivity index (χ1v) is 10.7. The van der Waals surface area contributed by atoms with Crippen molar-refractivity contribution in [3.05, 3.63) is 83.9 Å². The molecule has 3 aromatic rings. The molecule has 0 aliphatic carbocycles. The van der Waals surface area contributed by atoms with Crippen LogP contribution in [0, 0.1) is 0 Å². The van der Waals surface area contributed by atoms with E-state index in [0.29, 0.717) is 30.5 Å². The van der Waals surface area contributed by atoms with Gasteiger partial charge in [0.2, 0.25) is 0 Å². The number of hydrogen-bond donors (Lipinski definition) is 1. The van der Waals surface area contributed by atoms with E-state index in [1.165, 1.54) is 11.8 Å². The molecule has 7 heteroatoms. The Hall–Kier alpha value is -4.00. The molecule has 0 heterocycles. The quantitative estimate of drug-likeness (QED) is 0.331. The Balaban J connectivity index is 1.45. The molecule has 0 spiro atoms. The third-order valence-electron chi connectivity index (χ3n) is 4.59. The summed E-state index contributed by atoms with van der Waals surface area (Å²) in [5.74, 6) is 2.20. The topological polar surface area (TPSA) is 78.4 Å². The lowest BCUT2D eigenvalue weighted by atomic mass is 10.2. The molecule has 0 aliphatic rings. The smallest absolute Gasteiger partial charge is 0.277 e. The Morgan fingerprint density at radius 1 is 0.909 bits per heavy atom. The van der Waals surface area contributed by atoms with Crippen molar-refractivity contribution in [3.63, 3.8) is 0 Å². The fourth-order valence-electron chi connectivity index (χ4n) is 2.97. The van der Waals surface area contributed by atoms with Crippen LogP contribution in [0.3, 0.4) is 0 Å². The maximum absolute atomic E-state index is 12.0. The molecule has 3 aromatic carbocycles. The zero-order valence-corrected chi connectivity index (χ0v) is 18.8. The number of amides is 1. The lowest BCUT2D eigenvalue weighted by Gasteiger charge is -2.11. The number of hydrazone groups is 1. The van der Waals surface area contributed by atoms with Crippen LogP contribution in [0.1, 0.15) is 18.1 Å². The average Bonchev–Trinajstić information content (AvgIpc) is 2.85. The second-order valence-corrected chi connectivity index (χ2v) is 6.98. The summed E-state index contributed by atoms with van der Waals surface area (Å²) in [5, 5.41) is 3.98. The summed E-state index contributed by atoms with van der Waals surface area (Å²) >= 11 is 0. The van der Waals surface area contributed by atoms with Gasteiger partial charge in [0.15, 0.2) is 18.1 Å². The van der Waals surface area contributed by atoms with E-state index in [1.54, 1.807) is 37.4 Å². The van der Waals surface area contributed by atoms with Crippen LogP contribution in [0.15, 0.2) is 77.9 Å². The van der Waals surface area contributed by atoms with E-state index in [0.717, 1.165) is 17.7 Å². The minimum Gasteiger partial charge on any atom is -0.494 e. The number of carbonyl (C=O) groups is 1. The summed E-state index contributed by atoms with van der Waals surface area (Å²) in [5.41, 5.74) is 4.42. The standard InChI is InChI=1S/C26H28N2O5/c1-3-31-22-10-12-23(13-11-22)33-19-26(29)28-27-18-21-9-14-24(25(17-21)30-2)32-16-15-20-7-5-4-6-8-20/h4-14,17-18H,3,15-16,19H2,1-2H3,(H,28,29)/b27-18+. The Morgan fingerprint density at radius 3 is 2.33 bits per heavy atom. The number of carbonyl (C=O) groups excluding carboxylic acids is 1. The Morgan fingerprint density at radius 2 is 1.64 bits per heavy atom. The van der Waals surface area contributed by atoms with Crippen LogP contribution >= 0.6 is 0 Å². The first kappa shape index (κ1) is 23.7. The molecule has 7 nitrogen and oxygen atoms in total. The average molecular weight is 449 g/mol. The zero-order chi connectivity index (χ0) is 23.3. The molecule has 0 unspecified atom stereocenters. The summed E-state index contributed by atoms with van der Waals surface area (Å²) in [6.07, 6.45) is 2.34. The third kappa shape index (κ3) is 7.88. The van der Waals surface area contributed by atoms with Gasteiger partial charge in [-0.2, -0.15) is 5.10 Å². The van der Waals surface area contributed by atoms with E-state index >= 15 is 0 Å². The van der Waals surface area contributed by atoms with E-state index in [2.05, 4.69) is 22.7 Å². The minimum atomic E-state index is -0.368. The Bertz CT molecular complexity index is 1040. The first-order chi connectivity index (χ1) is 16.2. The highest BCUT2D eigenvalue weighted by Crippen LogP contribution is 2.27. The van der Waals surface area contributed by atoms with E-state index in [4.69, 9.17) is 18.9 Å². The summed E-state index contributed by atoms with van der Waals surface area (Å²) in [6, 6.07) is 22.7. The zero-order valence-electron chi connectivity index (χ0n) is 18.8. The fourth-order valence-corrected chi connectivity index (χ4v) is 2.97. The summed E-state index contributed by atoms with van der Waals surface area (Å²) < 4.78 is 22.1. The second kappa shape index (κ2) is 12.8. The number of rotatable bonds is 12. The number of methoxy groups -OCH3 is 1. The molecule has 0 aromatic heterocycles. The molecule has 3 rings (SSSR count). The lowest BCUT2D eigenvalue weighted by molar-refractivity contribution is -0.123. The van der Waals surface area contributed by atoms with Crippen LogP contribution in [-0.2, 0) is 11.2 Å². The maximum Gasteiger partial charge on any atom is 0.277 e. The van der Waals surface area contributed by atoms with E-state index < -0.39 is 0 Å². The van der Waals surface area contributed by atoms with Crippen molar-refractivity contribution in [2.45, 2.75) is 13.3 Å². The van der Waals surface area contributed by atoms with Gasteiger partial charge >= 0.3 is 0 Å². The van der Waals surface area contributed by atoms with Crippen molar-refractivity contribution in [1.82, 2.24) is 5.43 Å². The number of ether oxygens (including phenoxy) is 4. The molecule has 0 saturated carbocycles. The molecule has 0 atom stereocenters. The highest BCUT2D eigenvalue weighted by Gasteiger charge is 2.06. The number of benzene rings is 3. The molecule has 0 aliphatic heterocycles.